The van der Waals surface area contributed by atoms with Crippen molar-refractivity contribution in [3.63, 3.8) is 0 Å². The maximum Gasteiger partial charge on any atom is 0.335 e. The highest BCUT2D eigenvalue weighted by atomic mass is 16.5. The zero-order chi connectivity index (χ0) is 15.5. The molecule has 0 amide bonds. The van der Waals surface area contributed by atoms with Crippen LogP contribution in [0.25, 0.3) is 0 Å². The lowest BCUT2D eigenvalue weighted by Crippen LogP contribution is -2.34. The molecule has 116 valence electrons. The van der Waals surface area contributed by atoms with Gasteiger partial charge in [-0.25, -0.2) is 4.79 Å². The van der Waals surface area contributed by atoms with Crippen LogP contribution in [0.15, 0.2) is 28.8 Å². The van der Waals surface area contributed by atoms with E-state index in [2.05, 4.69) is 15.0 Å². The van der Waals surface area contributed by atoms with E-state index in [9.17, 15) is 4.79 Å². The smallest absolute Gasteiger partial charge is 0.335 e. The predicted molar refractivity (Wildman–Crippen MR) is 79.7 cm³/mol. The van der Waals surface area contributed by atoms with Crippen LogP contribution in [0.2, 0.25) is 0 Å². The van der Waals surface area contributed by atoms with Crippen LogP contribution in [-0.2, 0) is 6.54 Å². The molecule has 1 aromatic heterocycles. The quantitative estimate of drug-likeness (QED) is 0.934. The van der Waals surface area contributed by atoms with Crippen molar-refractivity contribution >= 4 is 5.97 Å². The number of rotatable bonds is 4. The van der Waals surface area contributed by atoms with E-state index in [0.29, 0.717) is 29.7 Å². The number of hydrogen-bond acceptors (Lipinski definition) is 5. The highest BCUT2D eigenvalue weighted by Crippen LogP contribution is 2.27. The van der Waals surface area contributed by atoms with E-state index in [1.165, 1.54) is 5.56 Å². The Morgan fingerprint density at radius 2 is 2.18 bits per heavy atom. The molecule has 2 aromatic rings. The Bertz CT molecular complexity index is 651. The molecule has 0 bridgehead atoms. The van der Waals surface area contributed by atoms with E-state index < -0.39 is 5.97 Å². The van der Waals surface area contributed by atoms with Gasteiger partial charge in [0, 0.05) is 6.54 Å². The van der Waals surface area contributed by atoms with Gasteiger partial charge >= 0.3 is 5.97 Å². The highest BCUT2D eigenvalue weighted by molar-refractivity contribution is 5.87. The van der Waals surface area contributed by atoms with Crippen LogP contribution in [0.4, 0.5) is 0 Å². The summed E-state index contributed by atoms with van der Waals surface area (Å²) in [4.78, 5) is 17.5. The topological polar surface area (TPSA) is 79.5 Å². The molecule has 1 aliphatic heterocycles. The predicted octanol–water partition coefficient (Wildman–Crippen LogP) is 2.46. The van der Waals surface area contributed by atoms with Crippen molar-refractivity contribution in [1.29, 1.82) is 0 Å². The van der Waals surface area contributed by atoms with Gasteiger partial charge in [-0.15, -0.1) is 0 Å². The van der Waals surface area contributed by atoms with Gasteiger partial charge in [-0.2, -0.15) is 4.98 Å². The molecule has 6 nitrogen and oxygen atoms in total. The minimum Gasteiger partial charge on any atom is -0.478 e. The van der Waals surface area contributed by atoms with Crippen molar-refractivity contribution in [2.75, 3.05) is 13.1 Å². The van der Waals surface area contributed by atoms with E-state index >= 15 is 0 Å². The third kappa shape index (κ3) is 3.33. The van der Waals surface area contributed by atoms with Crippen molar-refractivity contribution in [3.8, 4) is 0 Å². The summed E-state index contributed by atoms with van der Waals surface area (Å²) < 4.78 is 5.18. The molecule has 1 aromatic carbocycles. The molecule has 3 rings (SSSR count). The molecule has 1 fully saturated rings. The number of hydrogen-bond donors (Lipinski definition) is 1. The Balaban J connectivity index is 1.66. The van der Waals surface area contributed by atoms with E-state index in [1.807, 2.05) is 19.1 Å². The van der Waals surface area contributed by atoms with Gasteiger partial charge < -0.3 is 9.63 Å². The first-order valence-electron chi connectivity index (χ1n) is 7.46. The largest absolute Gasteiger partial charge is 0.478 e. The van der Waals surface area contributed by atoms with Gasteiger partial charge in [0.1, 0.15) is 0 Å². The number of benzene rings is 1. The van der Waals surface area contributed by atoms with Crippen LogP contribution in [0.1, 0.15) is 46.4 Å². The van der Waals surface area contributed by atoms with Crippen LogP contribution in [0, 0.1) is 6.92 Å². The number of carboxylic acid groups (broad SMARTS) is 1. The van der Waals surface area contributed by atoms with Gasteiger partial charge in [-0.3, -0.25) is 4.90 Å². The van der Waals surface area contributed by atoms with Crippen LogP contribution < -0.4 is 0 Å². The molecule has 0 saturated carbocycles. The van der Waals surface area contributed by atoms with Crippen molar-refractivity contribution in [1.82, 2.24) is 15.0 Å². The minimum absolute atomic E-state index is 0.331. The van der Waals surface area contributed by atoms with E-state index in [-0.39, 0.29) is 0 Å². The van der Waals surface area contributed by atoms with Gasteiger partial charge in [0.25, 0.3) is 0 Å². The third-order valence-electron chi connectivity index (χ3n) is 4.06. The van der Waals surface area contributed by atoms with Gasteiger partial charge in [0.05, 0.1) is 12.1 Å². The highest BCUT2D eigenvalue weighted by Gasteiger charge is 2.23. The SMILES string of the molecule is Cc1noc(CN2CCCC(c3ccc(C(=O)O)cc3)C2)n1. The van der Waals surface area contributed by atoms with Crippen LogP contribution in [-0.4, -0.2) is 39.2 Å². The summed E-state index contributed by atoms with van der Waals surface area (Å²) in [5.41, 5.74) is 1.52. The fourth-order valence-electron chi connectivity index (χ4n) is 2.96. The van der Waals surface area contributed by atoms with Crippen LogP contribution >= 0.6 is 0 Å². The summed E-state index contributed by atoms with van der Waals surface area (Å²) >= 11 is 0. The molecule has 1 aliphatic rings. The summed E-state index contributed by atoms with van der Waals surface area (Å²) in [5, 5.41) is 12.8. The molecule has 0 radical (unpaired) electrons. The molecule has 0 spiro atoms. The maximum absolute atomic E-state index is 10.9. The fourth-order valence-corrected chi connectivity index (χ4v) is 2.96. The Kier molecular flexibility index (Phi) is 4.20. The molecular formula is C16H19N3O3. The fraction of sp³-hybridized carbons (Fsp3) is 0.438. The standard InChI is InChI=1S/C16H19N3O3/c1-11-17-15(22-18-11)10-19-8-2-3-14(9-19)12-4-6-13(7-5-12)16(20)21/h4-7,14H,2-3,8-10H2,1H3,(H,20,21). The first kappa shape index (κ1) is 14.7. The maximum atomic E-state index is 10.9. The van der Waals surface area contributed by atoms with Crippen molar-refractivity contribution in [2.24, 2.45) is 0 Å². The normalized spacial score (nSPS) is 19.2. The summed E-state index contributed by atoms with van der Waals surface area (Å²) in [5.74, 6) is 0.844. The number of aryl methyl sites for hydroxylation is 1. The lowest BCUT2D eigenvalue weighted by Gasteiger charge is -2.32. The minimum atomic E-state index is -0.886. The first-order chi connectivity index (χ1) is 10.6. The zero-order valence-corrected chi connectivity index (χ0v) is 12.5. The monoisotopic (exact) mass is 301 g/mol. The van der Waals surface area contributed by atoms with Gasteiger partial charge in [0.2, 0.25) is 5.89 Å². The van der Waals surface area contributed by atoms with Crippen LogP contribution in [0.3, 0.4) is 0 Å². The molecule has 22 heavy (non-hydrogen) atoms. The number of carboxylic acids is 1. The van der Waals surface area contributed by atoms with E-state index in [1.54, 1.807) is 12.1 Å². The van der Waals surface area contributed by atoms with Gasteiger partial charge in [-0.05, 0) is 49.9 Å². The van der Waals surface area contributed by atoms with E-state index in [4.69, 9.17) is 9.63 Å². The number of nitrogens with zero attached hydrogens (tertiary/aromatic N) is 3. The zero-order valence-electron chi connectivity index (χ0n) is 12.5. The lowest BCUT2D eigenvalue weighted by atomic mass is 9.90. The Labute approximate surface area is 128 Å². The number of piperidine rings is 1. The molecule has 1 atom stereocenters. The molecule has 1 saturated heterocycles. The second-order valence-corrected chi connectivity index (χ2v) is 5.74. The Morgan fingerprint density at radius 1 is 1.41 bits per heavy atom. The number of carbonyl (C=O) groups is 1. The Hall–Kier alpha value is -2.21. The Morgan fingerprint density at radius 3 is 2.82 bits per heavy atom. The van der Waals surface area contributed by atoms with Gasteiger partial charge in [-0.1, -0.05) is 17.3 Å². The van der Waals surface area contributed by atoms with Gasteiger partial charge in [0.15, 0.2) is 5.82 Å². The molecule has 6 heteroatoms. The molecule has 1 N–H and O–H groups in total. The summed E-state index contributed by atoms with van der Waals surface area (Å²) in [6, 6.07) is 7.21. The molecule has 2 heterocycles. The number of likely N-dealkylation sites (tertiary alicyclic amines) is 1. The van der Waals surface area contributed by atoms with Crippen LogP contribution in [0.5, 0.6) is 0 Å². The first-order valence-corrected chi connectivity index (χ1v) is 7.46. The average Bonchev–Trinajstić information content (AvgIpc) is 2.93. The number of aromatic carboxylic acids is 1. The van der Waals surface area contributed by atoms with Crippen molar-refractivity contribution in [2.45, 2.75) is 32.2 Å². The molecule has 0 aliphatic carbocycles. The third-order valence-corrected chi connectivity index (χ3v) is 4.06. The van der Waals surface area contributed by atoms with E-state index in [0.717, 1.165) is 25.9 Å². The molecular weight excluding hydrogens is 282 g/mol. The number of aromatic nitrogens is 2. The second-order valence-electron chi connectivity index (χ2n) is 5.74. The van der Waals surface area contributed by atoms with Crippen molar-refractivity contribution < 1.29 is 14.4 Å². The summed E-state index contributed by atoms with van der Waals surface area (Å²) in [7, 11) is 0. The summed E-state index contributed by atoms with van der Waals surface area (Å²) in [6.07, 6.45) is 2.23. The average molecular weight is 301 g/mol. The second kappa shape index (κ2) is 6.27. The lowest BCUT2D eigenvalue weighted by molar-refractivity contribution is 0.0697. The van der Waals surface area contributed by atoms with Crippen molar-refractivity contribution in [3.05, 3.63) is 47.1 Å². The molecule has 1 unspecified atom stereocenters. The summed E-state index contributed by atoms with van der Waals surface area (Å²) in [6.45, 7) is 4.43.